The van der Waals surface area contributed by atoms with Crippen LogP contribution in [-0.2, 0) is 12.7 Å². The van der Waals surface area contributed by atoms with Gasteiger partial charge in [-0.2, -0.15) is 13.2 Å². The van der Waals surface area contributed by atoms with Crippen LogP contribution in [0.25, 0.3) is 0 Å². The number of thiazole rings is 1. The molecule has 0 unspecified atom stereocenters. The number of carbonyl (C=O) groups excluding carboxylic acids is 2. The van der Waals surface area contributed by atoms with Gasteiger partial charge in [0.05, 0.1) is 23.3 Å². The first kappa shape index (κ1) is 25.1. The van der Waals surface area contributed by atoms with Gasteiger partial charge in [-0.15, -0.1) is 11.3 Å². The van der Waals surface area contributed by atoms with Crippen LogP contribution < -0.4 is 15.5 Å². The van der Waals surface area contributed by atoms with E-state index in [1.165, 1.54) is 18.6 Å². The second-order valence-electron chi connectivity index (χ2n) is 7.50. The van der Waals surface area contributed by atoms with Crippen molar-refractivity contribution in [2.45, 2.75) is 25.6 Å². The summed E-state index contributed by atoms with van der Waals surface area (Å²) >= 11 is 12.9. The van der Waals surface area contributed by atoms with Crippen molar-refractivity contribution in [1.29, 1.82) is 0 Å². The number of amides is 2. The summed E-state index contributed by atoms with van der Waals surface area (Å²) in [5.41, 5.74) is -1.09. The number of rotatable bonds is 6. The lowest BCUT2D eigenvalue weighted by Gasteiger charge is -2.18. The largest absolute Gasteiger partial charge is 0.417 e. The highest BCUT2D eigenvalue weighted by atomic mass is 35.5. The van der Waals surface area contributed by atoms with E-state index in [0.29, 0.717) is 10.8 Å². The minimum atomic E-state index is -4.66. The van der Waals surface area contributed by atoms with E-state index in [0.717, 1.165) is 49.4 Å². The van der Waals surface area contributed by atoms with E-state index in [2.05, 4.69) is 25.6 Å². The first-order valence-corrected chi connectivity index (χ1v) is 11.9. The number of carbonyl (C=O) groups is 2. The van der Waals surface area contributed by atoms with Crippen molar-refractivity contribution in [2.75, 3.05) is 23.3 Å². The van der Waals surface area contributed by atoms with E-state index in [1.807, 2.05) is 4.90 Å². The molecule has 2 aromatic heterocycles. The molecule has 1 aromatic carbocycles. The lowest BCUT2D eigenvalue weighted by Crippen LogP contribution is -2.26. The van der Waals surface area contributed by atoms with E-state index in [4.69, 9.17) is 23.2 Å². The highest BCUT2D eigenvalue weighted by Gasteiger charge is 2.33. The third kappa shape index (κ3) is 5.82. The smallest absolute Gasteiger partial charge is 0.355 e. The summed E-state index contributed by atoms with van der Waals surface area (Å²) in [5, 5.41) is 5.13. The van der Waals surface area contributed by atoms with Crippen LogP contribution >= 0.6 is 34.5 Å². The van der Waals surface area contributed by atoms with Gasteiger partial charge in [-0.1, -0.05) is 23.2 Å². The maximum Gasteiger partial charge on any atom is 0.417 e. The second-order valence-corrected chi connectivity index (χ2v) is 9.40. The molecule has 3 aromatic rings. The zero-order valence-corrected chi connectivity index (χ0v) is 20.2. The number of anilines is 2. The molecule has 0 bridgehead atoms. The summed E-state index contributed by atoms with van der Waals surface area (Å²) in [5.74, 6) is -0.669. The lowest BCUT2D eigenvalue weighted by atomic mass is 10.2. The van der Waals surface area contributed by atoms with Crippen LogP contribution in [0.3, 0.4) is 0 Å². The molecule has 184 valence electrons. The van der Waals surface area contributed by atoms with E-state index < -0.39 is 28.6 Å². The van der Waals surface area contributed by atoms with Gasteiger partial charge in [0.2, 0.25) is 0 Å². The van der Waals surface area contributed by atoms with Gasteiger partial charge >= 0.3 is 6.18 Å². The van der Waals surface area contributed by atoms with Crippen molar-refractivity contribution in [3.8, 4) is 0 Å². The molecule has 1 aliphatic rings. The number of aromatic nitrogens is 3. The highest BCUT2D eigenvalue weighted by Crippen LogP contribution is 2.36. The fourth-order valence-electron chi connectivity index (χ4n) is 3.42. The van der Waals surface area contributed by atoms with Crippen molar-refractivity contribution < 1.29 is 22.8 Å². The van der Waals surface area contributed by atoms with E-state index in [9.17, 15) is 22.8 Å². The van der Waals surface area contributed by atoms with Crippen LogP contribution in [0.4, 0.5) is 24.7 Å². The molecular formula is C21H17Cl2F3N6O2S. The Balaban J connectivity index is 1.39. The Morgan fingerprint density at radius 2 is 1.83 bits per heavy atom. The second kappa shape index (κ2) is 10.3. The highest BCUT2D eigenvalue weighted by molar-refractivity contribution is 7.13. The Labute approximate surface area is 211 Å². The maximum absolute atomic E-state index is 13.0. The third-order valence-electron chi connectivity index (χ3n) is 5.10. The molecule has 0 aliphatic carbocycles. The quantitative estimate of drug-likeness (QED) is 0.450. The van der Waals surface area contributed by atoms with Gasteiger partial charge < -0.3 is 15.5 Å². The molecule has 14 heteroatoms. The van der Waals surface area contributed by atoms with Gasteiger partial charge in [-0.05, 0) is 31.0 Å². The Kier molecular flexibility index (Phi) is 7.43. The van der Waals surface area contributed by atoms with Gasteiger partial charge in [-0.25, -0.2) is 15.0 Å². The van der Waals surface area contributed by atoms with Crippen molar-refractivity contribution in [3.05, 3.63) is 61.9 Å². The Morgan fingerprint density at radius 1 is 1.09 bits per heavy atom. The van der Waals surface area contributed by atoms with Crippen LogP contribution in [-0.4, -0.2) is 39.9 Å². The van der Waals surface area contributed by atoms with Gasteiger partial charge in [0.15, 0.2) is 11.5 Å². The minimum Gasteiger partial charge on any atom is -0.355 e. The molecule has 1 saturated heterocycles. The molecule has 0 spiro atoms. The molecule has 1 aliphatic heterocycles. The molecule has 1 fully saturated rings. The summed E-state index contributed by atoms with van der Waals surface area (Å²) in [7, 11) is 0. The zero-order chi connectivity index (χ0) is 25.2. The molecular weight excluding hydrogens is 528 g/mol. The number of halogens is 5. The van der Waals surface area contributed by atoms with Gasteiger partial charge in [0.25, 0.3) is 11.8 Å². The Morgan fingerprint density at radius 3 is 2.54 bits per heavy atom. The predicted molar refractivity (Wildman–Crippen MR) is 126 cm³/mol. The molecule has 0 radical (unpaired) electrons. The summed E-state index contributed by atoms with van der Waals surface area (Å²) < 4.78 is 39.1. The molecule has 2 amide bonds. The van der Waals surface area contributed by atoms with Crippen LogP contribution in [0, 0.1) is 0 Å². The van der Waals surface area contributed by atoms with Crippen molar-refractivity contribution >= 4 is 57.9 Å². The summed E-state index contributed by atoms with van der Waals surface area (Å²) in [6.07, 6.45) is -0.0748. The molecule has 8 nitrogen and oxygen atoms in total. The SMILES string of the molecule is O=C(Nc1ccc(Cl)c(C(F)(F)F)c1)c1cnc(CNC(=O)c2ncnc(N3CCCC3)c2Cl)s1. The van der Waals surface area contributed by atoms with E-state index >= 15 is 0 Å². The molecule has 2 N–H and O–H groups in total. The number of alkyl halides is 3. The Hall–Kier alpha value is -2.96. The first-order valence-electron chi connectivity index (χ1n) is 10.3. The average molecular weight is 545 g/mol. The predicted octanol–water partition coefficient (Wildman–Crippen LogP) is 5.04. The summed E-state index contributed by atoms with van der Waals surface area (Å²) in [4.78, 5) is 39.5. The van der Waals surface area contributed by atoms with Crippen LogP contribution in [0.5, 0.6) is 0 Å². The van der Waals surface area contributed by atoms with Crippen LogP contribution in [0.1, 0.15) is 43.6 Å². The fourth-order valence-corrected chi connectivity index (χ4v) is 4.70. The maximum atomic E-state index is 13.0. The van der Waals surface area contributed by atoms with E-state index in [1.54, 1.807) is 0 Å². The number of nitrogens with zero attached hydrogens (tertiary/aromatic N) is 4. The number of hydrogen-bond acceptors (Lipinski definition) is 7. The third-order valence-corrected chi connectivity index (χ3v) is 6.77. The molecule has 35 heavy (non-hydrogen) atoms. The minimum absolute atomic E-state index is 0.00464. The molecule has 4 rings (SSSR count). The van der Waals surface area contributed by atoms with Crippen molar-refractivity contribution in [2.24, 2.45) is 0 Å². The standard InChI is InChI=1S/C21H17Cl2F3N6O2S/c22-13-4-3-11(7-12(13)21(24,25)26)31-19(33)14-8-27-15(35-14)9-28-20(34)17-16(23)18(30-10-29-17)32-5-1-2-6-32/h3-4,7-8,10H,1-2,5-6,9H2,(H,28,34)(H,31,33). The summed E-state index contributed by atoms with van der Waals surface area (Å²) in [6, 6.07) is 3.07. The number of nitrogens with one attached hydrogen (secondary N) is 2. The fraction of sp³-hybridized carbons (Fsp3) is 0.286. The molecule has 0 atom stereocenters. The first-order chi connectivity index (χ1) is 16.6. The summed E-state index contributed by atoms with van der Waals surface area (Å²) in [6.45, 7) is 1.60. The molecule has 0 saturated carbocycles. The Bertz CT molecular complexity index is 1260. The van der Waals surface area contributed by atoms with Gasteiger partial charge in [0.1, 0.15) is 21.2 Å². The van der Waals surface area contributed by atoms with Crippen molar-refractivity contribution in [3.63, 3.8) is 0 Å². The molecule has 3 heterocycles. The van der Waals surface area contributed by atoms with Crippen molar-refractivity contribution in [1.82, 2.24) is 20.3 Å². The zero-order valence-electron chi connectivity index (χ0n) is 17.8. The average Bonchev–Trinajstić information content (AvgIpc) is 3.51. The number of benzene rings is 1. The monoisotopic (exact) mass is 544 g/mol. The van der Waals surface area contributed by atoms with Crippen LogP contribution in [0.2, 0.25) is 10.0 Å². The lowest BCUT2D eigenvalue weighted by molar-refractivity contribution is -0.137. The topological polar surface area (TPSA) is 100 Å². The van der Waals surface area contributed by atoms with E-state index in [-0.39, 0.29) is 27.8 Å². The van der Waals surface area contributed by atoms with Gasteiger partial charge in [-0.3, -0.25) is 9.59 Å². The number of hydrogen-bond donors (Lipinski definition) is 2. The normalized spacial score (nSPS) is 13.7. The van der Waals surface area contributed by atoms with Crippen LogP contribution in [0.15, 0.2) is 30.7 Å². The van der Waals surface area contributed by atoms with Gasteiger partial charge in [0, 0.05) is 18.8 Å².